The maximum absolute atomic E-state index is 13.0. The van der Waals surface area contributed by atoms with Gasteiger partial charge in [-0.25, -0.2) is 9.37 Å². The van der Waals surface area contributed by atoms with Gasteiger partial charge in [0.25, 0.3) is 0 Å². The third-order valence-electron chi connectivity index (χ3n) is 2.42. The number of pyridine rings is 1. The van der Waals surface area contributed by atoms with Crippen LogP contribution in [0.15, 0.2) is 18.3 Å². The number of fused-ring (bicyclic) bond motifs is 1. The van der Waals surface area contributed by atoms with E-state index in [1.807, 2.05) is 0 Å². The van der Waals surface area contributed by atoms with Crippen LogP contribution in [-0.4, -0.2) is 20.5 Å². The van der Waals surface area contributed by atoms with Crippen LogP contribution in [0, 0.1) is 12.7 Å². The molecule has 2 heterocycles. The van der Waals surface area contributed by atoms with Gasteiger partial charge in [-0.2, -0.15) is 0 Å². The molecule has 2 rings (SSSR count). The molecule has 2 aromatic heterocycles. The second-order valence-electron chi connectivity index (χ2n) is 3.61. The number of hydrogen-bond acceptors (Lipinski definition) is 2. The predicted octanol–water partition coefficient (Wildman–Crippen LogP) is 1.80. The van der Waals surface area contributed by atoms with E-state index in [9.17, 15) is 9.18 Å². The zero-order chi connectivity index (χ0) is 11.7. The molecule has 0 amide bonds. The van der Waals surface area contributed by atoms with E-state index < -0.39 is 5.97 Å². The lowest BCUT2D eigenvalue weighted by Crippen LogP contribution is -2.01. The molecule has 0 aliphatic rings. The molecule has 0 aliphatic carbocycles. The molecular formula is C11H11FN2O2. The SMILES string of the molecule is Cc1nc(CCC(=O)O)n2ccc(F)cc12. The molecule has 5 heteroatoms. The molecule has 1 N–H and O–H groups in total. The minimum atomic E-state index is -0.864. The Morgan fingerprint density at radius 2 is 2.38 bits per heavy atom. The van der Waals surface area contributed by atoms with Crippen LogP contribution in [0.1, 0.15) is 17.9 Å². The van der Waals surface area contributed by atoms with Crippen LogP contribution in [0.4, 0.5) is 4.39 Å². The Hall–Kier alpha value is -1.91. The number of carboxylic acids is 1. The number of carboxylic acid groups (broad SMARTS) is 1. The highest BCUT2D eigenvalue weighted by molar-refractivity contribution is 5.67. The lowest BCUT2D eigenvalue weighted by molar-refractivity contribution is -0.137. The van der Waals surface area contributed by atoms with Crippen molar-refractivity contribution in [3.05, 3.63) is 35.7 Å². The van der Waals surface area contributed by atoms with Gasteiger partial charge in [0.1, 0.15) is 11.6 Å². The van der Waals surface area contributed by atoms with Gasteiger partial charge in [0.15, 0.2) is 0 Å². The van der Waals surface area contributed by atoms with E-state index in [-0.39, 0.29) is 12.2 Å². The Kier molecular flexibility index (Phi) is 2.60. The van der Waals surface area contributed by atoms with Crippen molar-refractivity contribution in [3.8, 4) is 0 Å². The van der Waals surface area contributed by atoms with Crippen molar-refractivity contribution >= 4 is 11.5 Å². The van der Waals surface area contributed by atoms with Crippen LogP contribution >= 0.6 is 0 Å². The van der Waals surface area contributed by atoms with Crippen LogP contribution < -0.4 is 0 Å². The molecule has 0 unspecified atom stereocenters. The highest BCUT2D eigenvalue weighted by Crippen LogP contribution is 2.14. The van der Waals surface area contributed by atoms with Crippen molar-refractivity contribution in [1.82, 2.24) is 9.38 Å². The molecule has 84 valence electrons. The zero-order valence-electron chi connectivity index (χ0n) is 8.77. The Bertz CT molecular complexity index is 548. The first kappa shape index (κ1) is 10.6. The Labute approximate surface area is 91.4 Å². The van der Waals surface area contributed by atoms with E-state index in [1.54, 1.807) is 17.5 Å². The van der Waals surface area contributed by atoms with Gasteiger partial charge in [-0.15, -0.1) is 0 Å². The van der Waals surface area contributed by atoms with Gasteiger partial charge in [0.2, 0.25) is 0 Å². The summed E-state index contributed by atoms with van der Waals surface area (Å²) in [5.74, 6) is -0.535. The quantitative estimate of drug-likeness (QED) is 0.861. The van der Waals surface area contributed by atoms with Crippen LogP contribution in [0.2, 0.25) is 0 Å². The molecule has 16 heavy (non-hydrogen) atoms. The van der Waals surface area contributed by atoms with Crippen molar-refractivity contribution in [3.63, 3.8) is 0 Å². The molecule has 0 saturated heterocycles. The number of hydrogen-bond donors (Lipinski definition) is 1. The maximum Gasteiger partial charge on any atom is 0.303 e. The van der Waals surface area contributed by atoms with Gasteiger partial charge in [-0.3, -0.25) is 4.79 Å². The van der Waals surface area contributed by atoms with Crippen LogP contribution in [0.25, 0.3) is 5.52 Å². The number of halogens is 1. The van der Waals surface area contributed by atoms with Crippen molar-refractivity contribution < 1.29 is 14.3 Å². The summed E-state index contributed by atoms with van der Waals surface area (Å²) in [6.45, 7) is 1.78. The summed E-state index contributed by atoms with van der Waals surface area (Å²) in [6.07, 6.45) is 1.94. The monoisotopic (exact) mass is 222 g/mol. The summed E-state index contributed by atoms with van der Waals surface area (Å²) in [6, 6.07) is 2.73. The van der Waals surface area contributed by atoms with Crippen LogP contribution in [0.5, 0.6) is 0 Å². The largest absolute Gasteiger partial charge is 0.481 e. The van der Waals surface area contributed by atoms with Crippen LogP contribution in [-0.2, 0) is 11.2 Å². The Balaban J connectivity index is 2.43. The molecule has 0 aromatic carbocycles. The normalized spacial score (nSPS) is 10.9. The summed E-state index contributed by atoms with van der Waals surface area (Å²) >= 11 is 0. The van der Waals surface area contributed by atoms with Crippen molar-refractivity contribution in [2.24, 2.45) is 0 Å². The smallest absolute Gasteiger partial charge is 0.303 e. The number of carbonyl (C=O) groups is 1. The summed E-state index contributed by atoms with van der Waals surface area (Å²) in [7, 11) is 0. The first-order valence-electron chi connectivity index (χ1n) is 4.93. The molecule has 0 bridgehead atoms. The van der Waals surface area contributed by atoms with Gasteiger partial charge >= 0.3 is 5.97 Å². The molecular weight excluding hydrogens is 211 g/mol. The van der Waals surface area contributed by atoms with Gasteiger partial charge in [0, 0.05) is 12.6 Å². The molecule has 0 atom stereocenters. The van der Waals surface area contributed by atoms with E-state index in [2.05, 4.69) is 4.98 Å². The predicted molar refractivity (Wildman–Crippen MR) is 55.8 cm³/mol. The average Bonchev–Trinajstić information content (AvgIpc) is 2.53. The zero-order valence-corrected chi connectivity index (χ0v) is 8.77. The maximum atomic E-state index is 13.0. The highest BCUT2D eigenvalue weighted by Gasteiger charge is 2.09. The van der Waals surface area contributed by atoms with Crippen molar-refractivity contribution in [1.29, 1.82) is 0 Å². The first-order chi connectivity index (χ1) is 7.58. The standard InChI is InChI=1S/C11H11FN2O2/c1-7-9-6-8(12)4-5-14(9)10(13-7)2-3-11(15)16/h4-6H,2-3H2,1H3,(H,15,16). The van der Waals surface area contributed by atoms with Gasteiger partial charge < -0.3 is 9.51 Å². The topological polar surface area (TPSA) is 54.6 Å². The molecule has 0 aliphatic heterocycles. The third-order valence-corrected chi connectivity index (χ3v) is 2.42. The first-order valence-corrected chi connectivity index (χ1v) is 4.93. The van der Waals surface area contributed by atoms with E-state index in [0.717, 1.165) is 0 Å². The van der Waals surface area contributed by atoms with Crippen molar-refractivity contribution in [2.45, 2.75) is 19.8 Å². The summed E-state index contributed by atoms with van der Waals surface area (Å²) < 4.78 is 14.7. The minimum Gasteiger partial charge on any atom is -0.481 e. The number of nitrogens with zero attached hydrogens (tertiary/aromatic N) is 2. The highest BCUT2D eigenvalue weighted by atomic mass is 19.1. The minimum absolute atomic E-state index is 0.0237. The van der Waals surface area contributed by atoms with Crippen molar-refractivity contribution in [2.75, 3.05) is 0 Å². The molecule has 0 radical (unpaired) electrons. The summed E-state index contributed by atoms with van der Waals surface area (Å²) in [5, 5.41) is 8.60. The fourth-order valence-electron chi connectivity index (χ4n) is 1.68. The molecule has 0 fully saturated rings. The second-order valence-corrected chi connectivity index (χ2v) is 3.61. The molecule has 0 spiro atoms. The third kappa shape index (κ3) is 1.88. The van der Waals surface area contributed by atoms with E-state index in [4.69, 9.17) is 5.11 Å². The average molecular weight is 222 g/mol. The van der Waals surface area contributed by atoms with E-state index in [1.165, 1.54) is 12.1 Å². The fraction of sp³-hybridized carbons (Fsp3) is 0.273. The van der Waals surface area contributed by atoms with E-state index in [0.29, 0.717) is 23.5 Å². The van der Waals surface area contributed by atoms with Gasteiger partial charge in [0.05, 0.1) is 17.6 Å². The lowest BCUT2D eigenvalue weighted by atomic mass is 10.3. The van der Waals surface area contributed by atoms with Gasteiger partial charge in [-0.05, 0) is 19.1 Å². The molecule has 0 saturated carbocycles. The summed E-state index contributed by atoms with van der Waals surface area (Å²) in [5.41, 5.74) is 1.39. The second kappa shape index (κ2) is 3.92. The summed E-state index contributed by atoms with van der Waals surface area (Å²) in [4.78, 5) is 14.7. The van der Waals surface area contributed by atoms with E-state index >= 15 is 0 Å². The number of rotatable bonds is 3. The fourth-order valence-corrected chi connectivity index (χ4v) is 1.68. The number of aromatic nitrogens is 2. The Morgan fingerprint density at radius 3 is 3.06 bits per heavy atom. The molecule has 4 nitrogen and oxygen atoms in total. The Morgan fingerprint density at radius 1 is 1.62 bits per heavy atom. The number of aliphatic carboxylic acids is 1. The number of aryl methyl sites for hydroxylation is 2. The van der Waals surface area contributed by atoms with Crippen LogP contribution in [0.3, 0.4) is 0 Å². The number of imidazole rings is 1. The molecule has 2 aromatic rings. The lowest BCUT2D eigenvalue weighted by Gasteiger charge is -1.99. The van der Waals surface area contributed by atoms with Gasteiger partial charge in [-0.1, -0.05) is 0 Å².